The molecule has 0 aliphatic heterocycles. The van der Waals surface area contributed by atoms with E-state index in [0.29, 0.717) is 28.8 Å². The first-order valence-corrected chi connectivity index (χ1v) is 11.2. The van der Waals surface area contributed by atoms with Gasteiger partial charge in [-0.15, -0.1) is 10.2 Å². The van der Waals surface area contributed by atoms with E-state index in [0.717, 1.165) is 17.2 Å². The molecule has 1 heterocycles. The number of para-hydroxylation sites is 1. The monoisotopic (exact) mass is 422 g/mol. The predicted octanol–water partition coefficient (Wildman–Crippen LogP) is 3.24. The van der Waals surface area contributed by atoms with E-state index in [9.17, 15) is 9.59 Å². The van der Waals surface area contributed by atoms with Gasteiger partial charge in [-0.25, -0.2) is 0 Å². The van der Waals surface area contributed by atoms with Gasteiger partial charge >= 0.3 is 0 Å². The number of thioether (sulfide) groups is 1. The van der Waals surface area contributed by atoms with E-state index in [-0.39, 0.29) is 11.8 Å². The molecule has 9 heteroatoms. The van der Waals surface area contributed by atoms with Crippen LogP contribution in [0.15, 0.2) is 24.3 Å². The minimum Gasteiger partial charge on any atom is -0.496 e. The summed E-state index contributed by atoms with van der Waals surface area (Å²) >= 11 is 2.97. The third-order valence-electron chi connectivity index (χ3n) is 3.86. The molecule has 0 fully saturated rings. The quantitative estimate of drug-likeness (QED) is 0.611. The van der Waals surface area contributed by atoms with E-state index in [1.165, 1.54) is 18.4 Å². The highest BCUT2D eigenvalue weighted by molar-refractivity contribution is 7.98. The Hall–Kier alpha value is -2.13. The number of anilines is 1. The maximum absolute atomic E-state index is 12.7. The molecule has 0 aliphatic carbocycles. The second-order valence-electron chi connectivity index (χ2n) is 6.60. The van der Waals surface area contributed by atoms with E-state index < -0.39 is 6.04 Å². The number of nitrogens with zero attached hydrogens (tertiary/aromatic N) is 2. The molecule has 1 aromatic carbocycles. The zero-order valence-corrected chi connectivity index (χ0v) is 18.2. The normalized spacial score (nSPS) is 11.9. The number of benzene rings is 1. The highest BCUT2D eigenvalue weighted by Crippen LogP contribution is 2.20. The van der Waals surface area contributed by atoms with Crippen LogP contribution in [0.5, 0.6) is 5.75 Å². The Morgan fingerprint density at radius 1 is 1.25 bits per heavy atom. The number of hydrogen-bond donors (Lipinski definition) is 2. The molecule has 0 bridgehead atoms. The molecule has 152 valence electrons. The van der Waals surface area contributed by atoms with Gasteiger partial charge in [0, 0.05) is 6.42 Å². The van der Waals surface area contributed by atoms with Gasteiger partial charge in [0.1, 0.15) is 16.8 Å². The van der Waals surface area contributed by atoms with Crippen LogP contribution in [-0.2, 0) is 11.2 Å². The maximum Gasteiger partial charge on any atom is 0.255 e. The number of amides is 2. The van der Waals surface area contributed by atoms with Crippen molar-refractivity contribution in [2.45, 2.75) is 32.7 Å². The van der Waals surface area contributed by atoms with Crippen LogP contribution in [0.4, 0.5) is 5.13 Å². The van der Waals surface area contributed by atoms with Gasteiger partial charge in [-0.05, 0) is 36.5 Å². The molecule has 0 spiro atoms. The minimum absolute atomic E-state index is 0.301. The van der Waals surface area contributed by atoms with Crippen molar-refractivity contribution in [1.29, 1.82) is 0 Å². The van der Waals surface area contributed by atoms with Gasteiger partial charge in [0.25, 0.3) is 5.91 Å². The number of carbonyl (C=O) groups is 2. The van der Waals surface area contributed by atoms with E-state index in [1.807, 2.05) is 6.26 Å². The highest BCUT2D eigenvalue weighted by atomic mass is 32.2. The zero-order chi connectivity index (χ0) is 20.5. The lowest BCUT2D eigenvalue weighted by atomic mass is 10.1. The van der Waals surface area contributed by atoms with Crippen LogP contribution >= 0.6 is 23.1 Å². The molecule has 1 unspecified atom stereocenters. The van der Waals surface area contributed by atoms with E-state index >= 15 is 0 Å². The van der Waals surface area contributed by atoms with Crippen LogP contribution in [-0.4, -0.2) is 47.2 Å². The standard InChI is InChI=1S/C19H26N4O3S2/c1-12(2)11-16-22-23-19(28-16)21-18(25)14(9-10-27-4)20-17(24)13-7-5-6-8-15(13)26-3/h5-8,12,14H,9-11H2,1-4H3,(H,20,24)(H,21,23,25). The molecule has 28 heavy (non-hydrogen) atoms. The average Bonchev–Trinajstić information content (AvgIpc) is 3.10. The van der Waals surface area contributed by atoms with Gasteiger partial charge in [0.15, 0.2) is 0 Å². The first-order valence-electron chi connectivity index (χ1n) is 9.00. The number of ether oxygens (including phenoxy) is 1. The summed E-state index contributed by atoms with van der Waals surface area (Å²) in [4.78, 5) is 25.4. The molecule has 1 aromatic heterocycles. The molecule has 2 N–H and O–H groups in total. The van der Waals surface area contributed by atoms with Crippen LogP contribution in [0, 0.1) is 5.92 Å². The lowest BCUT2D eigenvalue weighted by molar-refractivity contribution is -0.118. The summed E-state index contributed by atoms with van der Waals surface area (Å²) in [5.41, 5.74) is 0.391. The summed E-state index contributed by atoms with van der Waals surface area (Å²) < 4.78 is 5.24. The number of hydrogen-bond acceptors (Lipinski definition) is 7. The van der Waals surface area contributed by atoms with Gasteiger partial charge in [0.2, 0.25) is 11.0 Å². The highest BCUT2D eigenvalue weighted by Gasteiger charge is 2.23. The Labute approximate surface area is 173 Å². The second-order valence-corrected chi connectivity index (χ2v) is 8.64. The molecule has 0 saturated heterocycles. The maximum atomic E-state index is 12.7. The fourth-order valence-electron chi connectivity index (χ4n) is 2.50. The Kier molecular flexibility index (Phi) is 8.72. The van der Waals surface area contributed by atoms with Gasteiger partial charge < -0.3 is 10.1 Å². The number of aromatic nitrogens is 2. The number of rotatable bonds is 10. The first kappa shape index (κ1) is 22.2. The fraction of sp³-hybridized carbons (Fsp3) is 0.474. The van der Waals surface area contributed by atoms with Crippen molar-refractivity contribution in [3.05, 3.63) is 34.8 Å². The van der Waals surface area contributed by atoms with Crippen LogP contribution in [0.2, 0.25) is 0 Å². The largest absolute Gasteiger partial charge is 0.496 e. The molecule has 1 atom stereocenters. The molecule has 2 aromatic rings. The molecule has 2 rings (SSSR count). The zero-order valence-electron chi connectivity index (χ0n) is 16.5. The smallest absolute Gasteiger partial charge is 0.255 e. The van der Waals surface area contributed by atoms with Gasteiger partial charge in [-0.3, -0.25) is 14.9 Å². The Morgan fingerprint density at radius 3 is 2.68 bits per heavy atom. The van der Waals surface area contributed by atoms with Gasteiger partial charge in [0.05, 0.1) is 12.7 Å². The first-order chi connectivity index (χ1) is 13.4. The minimum atomic E-state index is -0.678. The topological polar surface area (TPSA) is 93.2 Å². The van der Waals surface area contributed by atoms with Crippen LogP contribution < -0.4 is 15.4 Å². The third-order valence-corrected chi connectivity index (χ3v) is 5.37. The average molecular weight is 423 g/mol. The molecular weight excluding hydrogens is 396 g/mol. The van der Waals surface area contributed by atoms with Crippen molar-refractivity contribution in [3.63, 3.8) is 0 Å². The van der Waals surface area contributed by atoms with Crippen LogP contribution in [0.3, 0.4) is 0 Å². The van der Waals surface area contributed by atoms with Crippen molar-refractivity contribution >= 4 is 40.0 Å². The summed E-state index contributed by atoms with van der Waals surface area (Å²) in [6.45, 7) is 4.21. The van der Waals surface area contributed by atoms with Crippen LogP contribution in [0.25, 0.3) is 0 Å². The van der Waals surface area contributed by atoms with Gasteiger partial charge in [-0.1, -0.05) is 37.3 Å². The Morgan fingerprint density at radius 2 is 2.00 bits per heavy atom. The number of methoxy groups -OCH3 is 1. The molecule has 0 saturated carbocycles. The van der Waals surface area contributed by atoms with E-state index in [4.69, 9.17) is 4.74 Å². The third kappa shape index (κ3) is 6.49. The SMILES string of the molecule is COc1ccccc1C(=O)NC(CCSC)C(=O)Nc1nnc(CC(C)C)s1. The molecular formula is C19H26N4O3S2. The lowest BCUT2D eigenvalue weighted by Crippen LogP contribution is -2.44. The van der Waals surface area contributed by atoms with E-state index in [2.05, 4.69) is 34.7 Å². The fourth-order valence-corrected chi connectivity index (χ4v) is 3.93. The van der Waals surface area contributed by atoms with Crippen molar-refractivity contribution in [1.82, 2.24) is 15.5 Å². The second kappa shape index (κ2) is 11.0. The molecule has 2 amide bonds. The Bertz CT molecular complexity index is 795. The molecule has 0 aliphatic rings. The Balaban J connectivity index is 2.08. The van der Waals surface area contributed by atoms with E-state index in [1.54, 1.807) is 36.0 Å². The van der Waals surface area contributed by atoms with Crippen molar-refractivity contribution in [3.8, 4) is 5.75 Å². The van der Waals surface area contributed by atoms with Gasteiger partial charge in [-0.2, -0.15) is 11.8 Å². The number of carbonyl (C=O) groups excluding carboxylic acids is 2. The summed E-state index contributed by atoms with van der Waals surface area (Å²) in [6, 6.07) is 6.25. The van der Waals surface area contributed by atoms with Crippen molar-refractivity contribution in [2.75, 3.05) is 24.4 Å². The lowest BCUT2D eigenvalue weighted by Gasteiger charge is -2.18. The van der Waals surface area contributed by atoms with Crippen LogP contribution in [0.1, 0.15) is 35.6 Å². The van der Waals surface area contributed by atoms with Crippen molar-refractivity contribution < 1.29 is 14.3 Å². The summed E-state index contributed by atoms with van der Waals surface area (Å²) in [6.07, 6.45) is 3.28. The summed E-state index contributed by atoms with van der Waals surface area (Å²) in [7, 11) is 1.51. The molecule has 7 nitrogen and oxygen atoms in total. The van der Waals surface area contributed by atoms with Crippen molar-refractivity contribution in [2.24, 2.45) is 5.92 Å². The number of nitrogens with one attached hydrogen (secondary N) is 2. The molecule has 0 radical (unpaired) electrons. The summed E-state index contributed by atoms with van der Waals surface area (Å²) in [5.74, 6) is 1.01. The summed E-state index contributed by atoms with van der Waals surface area (Å²) in [5, 5.41) is 15.1. The predicted molar refractivity (Wildman–Crippen MR) is 114 cm³/mol.